The molecule has 1 N–H and O–H groups in total. The number of hydrogen-bond acceptors (Lipinski definition) is 6. The van der Waals surface area contributed by atoms with E-state index in [9.17, 15) is 18.3 Å². The maximum absolute atomic E-state index is 13.2. The summed E-state index contributed by atoms with van der Waals surface area (Å²) in [7, 11) is 6.71. The fourth-order valence-corrected chi connectivity index (χ4v) is 5.42. The number of aliphatic hydroxyl groups is 1. The van der Waals surface area contributed by atoms with Crippen LogP contribution in [0, 0.1) is 0 Å². The molecule has 2 aliphatic rings. The summed E-state index contributed by atoms with van der Waals surface area (Å²) in [6, 6.07) is 15.8. The lowest BCUT2D eigenvalue weighted by molar-refractivity contribution is -0.137. The fraction of sp³-hybridized carbons (Fsp3) is 0.370. The molecule has 2 heterocycles. The van der Waals surface area contributed by atoms with E-state index in [0.717, 1.165) is 17.7 Å². The van der Waals surface area contributed by atoms with Crippen LogP contribution in [0.1, 0.15) is 41.0 Å². The molecule has 198 valence electrons. The number of hydroxylamine groups is 2. The smallest absolute Gasteiger partial charge is 0.416 e. The van der Waals surface area contributed by atoms with Gasteiger partial charge in [-0.25, -0.2) is 4.98 Å². The Kier molecular flexibility index (Phi) is 7.45. The predicted octanol–water partition coefficient (Wildman–Crippen LogP) is 5.92. The normalized spacial score (nSPS) is 24.1. The van der Waals surface area contributed by atoms with Crippen LogP contribution in [-0.2, 0) is 22.2 Å². The van der Waals surface area contributed by atoms with Crippen LogP contribution in [0.3, 0.4) is 0 Å². The van der Waals surface area contributed by atoms with Gasteiger partial charge in [0.1, 0.15) is 16.5 Å². The van der Waals surface area contributed by atoms with Crippen LogP contribution in [0.25, 0.3) is 0 Å². The highest BCUT2D eigenvalue weighted by molar-refractivity contribution is 6.29. The number of benzene rings is 2. The first-order valence-electron chi connectivity index (χ1n) is 11.6. The molecule has 0 spiro atoms. The summed E-state index contributed by atoms with van der Waals surface area (Å²) in [4.78, 5) is 8.78. The molecule has 0 radical (unpaired) electrons. The van der Waals surface area contributed by atoms with Gasteiger partial charge in [0.25, 0.3) is 0 Å². The lowest BCUT2D eigenvalue weighted by atomic mass is 9.72. The monoisotopic (exact) mass is 536 g/mol. The Bertz CT molecular complexity index is 1240. The third-order valence-corrected chi connectivity index (χ3v) is 7.10. The molecule has 6 nitrogen and oxygen atoms in total. The molecule has 1 aromatic heterocycles. The SMILES string of the molecule is CON(C)C.COc1nc(Cl)cc2c1C1(O)CCC(c3ccccc3)C1(c1ccc(C(F)(F)F)cc1)O2. The number of fused-ring (bicyclic) bond motifs is 3. The molecule has 10 heteroatoms. The van der Waals surface area contributed by atoms with Crippen LogP contribution in [0.5, 0.6) is 11.6 Å². The van der Waals surface area contributed by atoms with Crippen LogP contribution in [0.2, 0.25) is 5.15 Å². The van der Waals surface area contributed by atoms with Gasteiger partial charge in [-0.1, -0.05) is 54.1 Å². The van der Waals surface area contributed by atoms with Gasteiger partial charge >= 0.3 is 6.18 Å². The van der Waals surface area contributed by atoms with Crippen molar-refractivity contribution in [3.8, 4) is 11.6 Å². The van der Waals surface area contributed by atoms with Crippen molar-refractivity contribution >= 4 is 11.6 Å². The molecule has 0 saturated heterocycles. The lowest BCUT2D eigenvalue weighted by Gasteiger charge is -2.40. The Morgan fingerprint density at radius 1 is 1.08 bits per heavy atom. The number of ether oxygens (including phenoxy) is 2. The van der Waals surface area contributed by atoms with E-state index < -0.39 is 22.9 Å². The molecule has 1 fully saturated rings. The molecule has 0 amide bonds. The van der Waals surface area contributed by atoms with Crippen LogP contribution < -0.4 is 9.47 Å². The van der Waals surface area contributed by atoms with Gasteiger partial charge in [0.2, 0.25) is 5.88 Å². The molecule has 1 saturated carbocycles. The highest BCUT2D eigenvalue weighted by atomic mass is 35.5. The predicted molar refractivity (Wildman–Crippen MR) is 133 cm³/mol. The highest BCUT2D eigenvalue weighted by Crippen LogP contribution is 2.68. The van der Waals surface area contributed by atoms with Crippen LogP contribution in [-0.4, -0.2) is 43.5 Å². The van der Waals surface area contributed by atoms with E-state index in [-0.39, 0.29) is 17.0 Å². The first kappa shape index (κ1) is 27.2. The van der Waals surface area contributed by atoms with Crippen molar-refractivity contribution in [1.29, 1.82) is 0 Å². The number of aromatic nitrogens is 1. The summed E-state index contributed by atoms with van der Waals surface area (Å²) >= 11 is 6.15. The Morgan fingerprint density at radius 3 is 2.24 bits per heavy atom. The summed E-state index contributed by atoms with van der Waals surface area (Å²) in [5, 5.41) is 13.9. The van der Waals surface area contributed by atoms with Gasteiger partial charge in [0.15, 0.2) is 5.60 Å². The van der Waals surface area contributed by atoms with Crippen LogP contribution >= 0.6 is 11.6 Å². The van der Waals surface area contributed by atoms with Crippen molar-refractivity contribution in [2.24, 2.45) is 0 Å². The summed E-state index contributed by atoms with van der Waals surface area (Å²) in [6.07, 6.45) is -3.62. The molecule has 1 aliphatic carbocycles. The lowest BCUT2D eigenvalue weighted by Crippen LogP contribution is -2.48. The van der Waals surface area contributed by atoms with Crippen molar-refractivity contribution in [3.63, 3.8) is 0 Å². The van der Waals surface area contributed by atoms with E-state index in [0.29, 0.717) is 29.7 Å². The standard InChI is InChI=1S/C24H19ClF3NO3.C3H9NO/c1-31-21-20-18(13-19(25)29-21)32-23(15-7-9-16(10-8-15)24(26,27)28)17(11-12-22(20,23)30)14-5-3-2-4-6-14;1-4(2)5-3/h2-10,13,17,30H,11-12H2,1H3;1-3H3. The molecule has 0 bridgehead atoms. The minimum absolute atomic E-state index is 0.128. The molecule has 3 atom stereocenters. The zero-order chi connectivity index (χ0) is 27.0. The molecule has 37 heavy (non-hydrogen) atoms. The molecule has 3 aromatic rings. The molecule has 5 rings (SSSR count). The second-order valence-corrected chi connectivity index (χ2v) is 9.48. The average Bonchev–Trinajstić information content (AvgIpc) is 3.30. The van der Waals surface area contributed by atoms with Crippen molar-refractivity contribution in [1.82, 2.24) is 10.0 Å². The minimum Gasteiger partial charge on any atom is -0.481 e. The number of nitrogens with zero attached hydrogens (tertiary/aromatic N) is 2. The van der Waals surface area contributed by atoms with E-state index in [2.05, 4.69) is 9.82 Å². The molecule has 1 aliphatic heterocycles. The quantitative estimate of drug-likeness (QED) is 0.330. The first-order chi connectivity index (χ1) is 17.5. The zero-order valence-corrected chi connectivity index (χ0v) is 21.6. The first-order valence-corrected chi connectivity index (χ1v) is 12.0. The van der Waals surface area contributed by atoms with E-state index in [1.807, 2.05) is 44.4 Å². The maximum Gasteiger partial charge on any atom is 0.416 e. The van der Waals surface area contributed by atoms with Crippen molar-refractivity contribution in [2.45, 2.75) is 36.1 Å². The van der Waals surface area contributed by atoms with Gasteiger partial charge in [-0.05, 0) is 36.1 Å². The summed E-state index contributed by atoms with van der Waals surface area (Å²) < 4.78 is 51.6. The Balaban J connectivity index is 0.000000586. The summed E-state index contributed by atoms with van der Waals surface area (Å²) in [6.45, 7) is 0. The van der Waals surface area contributed by atoms with Gasteiger partial charge in [0, 0.05) is 26.1 Å². The highest BCUT2D eigenvalue weighted by Gasteiger charge is 2.69. The van der Waals surface area contributed by atoms with Crippen molar-refractivity contribution < 1.29 is 32.6 Å². The number of pyridine rings is 1. The minimum atomic E-state index is -4.47. The van der Waals surface area contributed by atoms with Gasteiger partial charge in [-0.15, -0.1) is 0 Å². The summed E-state index contributed by atoms with van der Waals surface area (Å²) in [5.41, 5.74) is -2.01. The van der Waals surface area contributed by atoms with E-state index in [1.165, 1.54) is 25.3 Å². The van der Waals surface area contributed by atoms with Gasteiger partial charge < -0.3 is 19.4 Å². The number of rotatable bonds is 4. The number of methoxy groups -OCH3 is 1. The summed E-state index contributed by atoms with van der Waals surface area (Å²) in [5.74, 6) is 0.115. The molecule has 3 unspecified atom stereocenters. The second-order valence-electron chi connectivity index (χ2n) is 9.10. The van der Waals surface area contributed by atoms with Crippen LogP contribution in [0.15, 0.2) is 60.7 Å². The fourth-order valence-electron chi connectivity index (χ4n) is 5.24. The van der Waals surface area contributed by atoms with Crippen molar-refractivity contribution in [2.75, 3.05) is 28.3 Å². The molecule has 2 aromatic carbocycles. The molecular weight excluding hydrogens is 509 g/mol. The largest absolute Gasteiger partial charge is 0.481 e. The average molecular weight is 537 g/mol. The zero-order valence-electron chi connectivity index (χ0n) is 20.8. The number of halogens is 4. The molecular formula is C27H28ClF3N2O4. The Morgan fingerprint density at radius 2 is 1.70 bits per heavy atom. The second kappa shape index (κ2) is 10.1. The van der Waals surface area contributed by atoms with Gasteiger partial charge in [-0.3, -0.25) is 0 Å². The Hall–Kier alpha value is -2.85. The van der Waals surface area contributed by atoms with E-state index >= 15 is 0 Å². The van der Waals surface area contributed by atoms with Crippen LogP contribution in [0.4, 0.5) is 13.2 Å². The van der Waals surface area contributed by atoms with Gasteiger partial charge in [0.05, 0.1) is 25.3 Å². The van der Waals surface area contributed by atoms with E-state index in [4.69, 9.17) is 21.1 Å². The third kappa shape index (κ3) is 4.65. The Labute approximate surface area is 218 Å². The van der Waals surface area contributed by atoms with Gasteiger partial charge in [-0.2, -0.15) is 18.2 Å². The van der Waals surface area contributed by atoms with Crippen molar-refractivity contribution in [3.05, 3.63) is 88.1 Å². The topological polar surface area (TPSA) is 64.1 Å². The third-order valence-electron chi connectivity index (χ3n) is 6.90. The number of alkyl halides is 3. The number of hydrogen-bond donors (Lipinski definition) is 1. The maximum atomic E-state index is 13.2. The van der Waals surface area contributed by atoms with E-state index in [1.54, 1.807) is 12.2 Å².